The van der Waals surface area contributed by atoms with Crippen LogP contribution in [0.2, 0.25) is 0 Å². The van der Waals surface area contributed by atoms with E-state index in [0.717, 1.165) is 47.5 Å². The first-order chi connectivity index (χ1) is 56.1. The van der Waals surface area contributed by atoms with Crippen LogP contribution >= 0.6 is 0 Å². The molecule has 0 fully saturated rings. The molecule has 0 unspecified atom stereocenters. The predicted molar refractivity (Wildman–Crippen MR) is 386 cm³/mol. The summed E-state index contributed by atoms with van der Waals surface area (Å²) >= 11 is 0. The summed E-state index contributed by atoms with van der Waals surface area (Å²) in [6.45, 7) is 0. The highest BCUT2D eigenvalue weighted by Crippen LogP contribution is 2.46. The summed E-state index contributed by atoms with van der Waals surface area (Å²) in [5.74, 6) is -49.5. The zero-order valence-electron chi connectivity index (χ0n) is 58.4. The minimum absolute atomic E-state index is 0.0406. The third kappa shape index (κ3) is 15.7. The van der Waals surface area contributed by atoms with Crippen molar-refractivity contribution >= 4 is 29.8 Å². The molecule has 118 heavy (non-hydrogen) atoms. The maximum atomic E-state index is 15.1. The zero-order chi connectivity index (χ0) is 84.3. The number of benzene rings is 14. The van der Waals surface area contributed by atoms with Gasteiger partial charge in [-0.1, -0.05) is 72.8 Å². The summed E-state index contributed by atoms with van der Waals surface area (Å²) in [5, 5.41) is 0. The molecule has 14 aromatic rings. The van der Waals surface area contributed by atoms with E-state index in [1.165, 1.54) is 121 Å². The van der Waals surface area contributed by atoms with Crippen molar-refractivity contribution in [3.05, 3.63) is 341 Å². The highest BCUT2D eigenvalue weighted by molar-refractivity contribution is 7.92. The molecule has 0 saturated heterocycles. The predicted octanol–water partition coefficient (Wildman–Crippen LogP) is 24.2. The van der Waals surface area contributed by atoms with Crippen LogP contribution in [0, 0.1) is 105 Å². The van der Waals surface area contributed by atoms with Gasteiger partial charge in [0.25, 0.3) is 10.1 Å². The van der Waals surface area contributed by atoms with Gasteiger partial charge in [-0.05, 0) is 197 Å². The Bertz CT molecular complexity index is 6590. The maximum Gasteiger partial charge on any atom is 0.298 e. The van der Waals surface area contributed by atoms with Gasteiger partial charge in [-0.15, -0.1) is 0 Å². The molecule has 34 heteroatoms. The molecule has 0 spiro atoms. The van der Waals surface area contributed by atoms with E-state index < -0.39 is 195 Å². The highest BCUT2D eigenvalue weighted by atomic mass is 32.2. The van der Waals surface area contributed by atoms with Crippen LogP contribution in [0.3, 0.4) is 0 Å². The number of ether oxygens (including phenoxy) is 6. The van der Waals surface area contributed by atoms with Crippen molar-refractivity contribution in [3.8, 4) is 125 Å². The van der Waals surface area contributed by atoms with E-state index in [-0.39, 0.29) is 31.9 Å². The third-order valence-corrected chi connectivity index (χ3v) is 22.2. The van der Waals surface area contributed by atoms with E-state index in [1.807, 2.05) is 0 Å². The van der Waals surface area contributed by atoms with Gasteiger partial charge in [0.15, 0.2) is 69.8 Å². The zero-order valence-corrected chi connectivity index (χ0v) is 60.8. The maximum absolute atomic E-state index is 15.1. The van der Waals surface area contributed by atoms with Crippen LogP contribution in [0.15, 0.2) is 261 Å². The second-order valence-corrected chi connectivity index (χ2v) is 30.4. The average molecular weight is 1700 g/mol. The molecule has 0 radical (unpaired) electrons. The lowest BCUT2D eigenvalue weighted by atomic mass is 10.0. The first kappa shape index (κ1) is 81.0. The van der Waals surface area contributed by atoms with E-state index in [0.29, 0.717) is 51.3 Å². The van der Waals surface area contributed by atoms with Crippen LogP contribution < -0.4 is 28.4 Å². The Labute approximate surface area is 654 Å². The number of rotatable bonds is 22. The lowest BCUT2D eigenvalue weighted by molar-refractivity contribution is 0.363. The Morgan fingerprint density at radius 2 is 0.373 bits per heavy atom. The average Bonchev–Trinajstić information content (AvgIpc) is 0.714. The first-order valence-corrected chi connectivity index (χ1v) is 37.8. The monoisotopic (exact) mass is 1690 g/mol. The molecule has 13 nitrogen and oxygen atoms in total. The van der Waals surface area contributed by atoms with Crippen molar-refractivity contribution in [2.75, 3.05) is 0 Å². The van der Waals surface area contributed by atoms with Crippen molar-refractivity contribution in [1.29, 1.82) is 0 Å². The van der Waals surface area contributed by atoms with E-state index in [1.54, 1.807) is 72.8 Å². The van der Waals surface area contributed by atoms with Crippen LogP contribution in [0.4, 0.5) is 79.0 Å². The molecular formula is C84H40F18O13S3. The second-order valence-electron chi connectivity index (χ2n) is 25.1. The van der Waals surface area contributed by atoms with Gasteiger partial charge >= 0.3 is 0 Å². The fraction of sp³-hybridized carbons (Fsp3) is 0. The topological polar surface area (TPSA) is 178 Å². The SMILES string of the molecule is O=S(=O)(O)c1cc(S(=O)(=O)c2ccc(Oc3ccc(-c4ccc(Oc5ccc(S(=O)(=O)c6ccc(Oc7ccc(-c8ccc(Oc9c(F)c(F)c(-c%10c(F)c(F)c(F)c(F)c%10F)c(F)c9F)cc8)cc7)cc6)cc5)cc4)cc3)cc2)ccc1Oc1ccc(-c2ccc(Oc3c(F)c(F)c(-c4c(F)c(F)c(F)c(F)c4F)c(F)c3F)cc2)cc1. The molecule has 14 rings (SSSR count). The molecule has 0 bridgehead atoms. The van der Waals surface area contributed by atoms with E-state index in [4.69, 9.17) is 28.4 Å². The normalized spacial score (nSPS) is 11.7. The molecule has 14 aromatic carbocycles. The Balaban J connectivity index is 0.547. The van der Waals surface area contributed by atoms with Crippen molar-refractivity contribution in [2.45, 2.75) is 24.5 Å². The fourth-order valence-corrected chi connectivity index (χ4v) is 15.1. The Hall–Kier alpha value is -13.6. The molecule has 0 heterocycles. The molecule has 0 saturated carbocycles. The summed E-state index contributed by atoms with van der Waals surface area (Å²) in [5.41, 5.74) is -5.66. The molecule has 0 aromatic heterocycles. The van der Waals surface area contributed by atoms with Gasteiger partial charge in [0.2, 0.25) is 66.1 Å². The van der Waals surface area contributed by atoms with Gasteiger partial charge in [-0.3, -0.25) is 4.55 Å². The molecular weight excluding hydrogens is 1660 g/mol. The molecule has 1 N–H and O–H groups in total. The molecule has 0 atom stereocenters. The molecule has 0 aliphatic rings. The van der Waals surface area contributed by atoms with E-state index in [2.05, 4.69) is 0 Å². The van der Waals surface area contributed by atoms with Gasteiger partial charge in [-0.2, -0.15) is 26.0 Å². The van der Waals surface area contributed by atoms with Crippen molar-refractivity contribution in [1.82, 2.24) is 0 Å². The summed E-state index contributed by atoms with van der Waals surface area (Å²) in [6.07, 6.45) is 0. The minimum atomic E-state index is -5.17. The van der Waals surface area contributed by atoms with Crippen molar-refractivity contribution in [3.63, 3.8) is 0 Å². The molecule has 0 amide bonds. The van der Waals surface area contributed by atoms with Crippen LogP contribution in [0.25, 0.3) is 55.6 Å². The standard InChI is InChI=1S/C84H40F18O13S3/c85-65-61(66(86)74(94)77(97)73(65)93)63-69(89)79(99)83(80(100)70(63)90)114-53-21-9-44(10-22-53)42-5-17-47(18-6-42)111-50-27-33-56(34-28-50)116(103,104)55-31-25-49(26-32-55)110-46-13-1-40(2-14-46)41-3-15-48(16-4-41)112-51-29-35-57(36-30-51)117(105,106)58-37-38-59(60(39-58)118(107,108)109)113-52-19-7-43(8-20-52)45-11-23-54(24-12-45)115-84-81(101)71(91)64(72(92)82(84)102)62-67(87)75(95)78(98)76(96)68(62)88/h1-39H,(H,107,108,109). The van der Waals surface area contributed by atoms with Gasteiger partial charge in [0, 0.05) is 0 Å². The summed E-state index contributed by atoms with van der Waals surface area (Å²) < 4.78 is 385. The lowest BCUT2D eigenvalue weighted by Gasteiger charge is -2.15. The molecule has 0 aliphatic carbocycles. The Kier molecular flexibility index (Phi) is 21.9. The summed E-state index contributed by atoms with van der Waals surface area (Å²) in [4.78, 5) is -1.90. The fourth-order valence-electron chi connectivity index (χ4n) is 11.8. The number of sulfone groups is 2. The largest absolute Gasteiger partial charge is 0.457 e. The number of hydrogen-bond acceptors (Lipinski definition) is 12. The van der Waals surface area contributed by atoms with E-state index >= 15 is 35.1 Å². The first-order valence-electron chi connectivity index (χ1n) is 33.4. The van der Waals surface area contributed by atoms with Gasteiger partial charge < -0.3 is 28.4 Å². The van der Waals surface area contributed by atoms with Crippen LogP contribution in [0.5, 0.6) is 69.0 Å². The number of halogens is 18. The number of hydrogen-bond donors (Lipinski definition) is 1. The smallest absolute Gasteiger partial charge is 0.298 e. The van der Waals surface area contributed by atoms with Crippen molar-refractivity contribution in [2.24, 2.45) is 0 Å². The lowest BCUT2D eigenvalue weighted by Crippen LogP contribution is -2.09. The van der Waals surface area contributed by atoms with Crippen LogP contribution in [-0.4, -0.2) is 29.8 Å². The molecule has 0 aliphatic heterocycles. The van der Waals surface area contributed by atoms with E-state index in [9.17, 15) is 73.7 Å². The van der Waals surface area contributed by atoms with Crippen LogP contribution in [0.1, 0.15) is 0 Å². The second kappa shape index (κ2) is 31.9. The quantitative estimate of drug-likeness (QED) is 0.0294. The van der Waals surface area contributed by atoms with Gasteiger partial charge in [0.05, 0.1) is 41.8 Å². The van der Waals surface area contributed by atoms with Crippen LogP contribution in [-0.2, 0) is 29.8 Å². The molecule has 598 valence electrons. The summed E-state index contributed by atoms with van der Waals surface area (Å²) in [7, 11) is -13.7. The van der Waals surface area contributed by atoms with Gasteiger partial charge in [-0.25, -0.2) is 78.3 Å². The van der Waals surface area contributed by atoms with Crippen molar-refractivity contribution < 1.29 is 137 Å². The Morgan fingerprint density at radius 3 is 0.602 bits per heavy atom. The Morgan fingerprint density at radius 1 is 0.195 bits per heavy atom. The summed E-state index contributed by atoms with van der Waals surface area (Å²) in [6, 6.07) is 54.4. The third-order valence-electron chi connectivity index (χ3n) is 17.8. The highest BCUT2D eigenvalue weighted by Gasteiger charge is 2.38. The van der Waals surface area contributed by atoms with Gasteiger partial charge in [0.1, 0.15) is 62.4 Å². The minimum Gasteiger partial charge on any atom is -0.457 e.